The van der Waals surface area contributed by atoms with Crippen LogP contribution in [0, 0.1) is 0 Å². The SMILES string of the molecule is CN=C(CCCN(C)Cc1ccc(OC)cc1)c1c(N)cccc1-c1cccc(N[C@H]2CC(C(=O)O)N(C(=O)OC(C)(C)C)C2)n1. The highest BCUT2D eigenvalue weighted by atomic mass is 16.6. The van der Waals surface area contributed by atoms with Crippen molar-refractivity contribution in [2.75, 3.05) is 45.3 Å². The van der Waals surface area contributed by atoms with Crippen molar-refractivity contribution in [1.82, 2.24) is 14.8 Å². The van der Waals surface area contributed by atoms with Crippen molar-refractivity contribution in [2.24, 2.45) is 4.99 Å². The normalized spacial score (nSPS) is 16.8. The first-order valence-electron chi connectivity index (χ1n) is 15.5. The molecule has 2 heterocycles. The molecule has 46 heavy (non-hydrogen) atoms. The molecule has 0 aliphatic carbocycles. The van der Waals surface area contributed by atoms with E-state index in [0.717, 1.165) is 48.5 Å². The van der Waals surface area contributed by atoms with Gasteiger partial charge in [0, 0.05) is 55.1 Å². The number of aromatic nitrogens is 1. The molecule has 1 fully saturated rings. The number of ether oxygens (including phenoxy) is 2. The standard InChI is InChI=1S/C35H46N6O5/c1-35(2,3)46-34(44)41-22-24(20-30(41)33(42)43)38-31-14-8-12-28(39-31)26-10-7-11-27(36)32(26)29(37-4)13-9-19-40(5)21-23-15-17-25(45-6)18-16-23/h7-8,10-12,14-18,24,30H,9,13,19-22,36H2,1-6H3,(H,38,39)(H,42,43)/t24-,30?/m0/s1. The molecule has 11 heteroatoms. The number of carboxylic acid groups (broad SMARTS) is 1. The molecule has 0 spiro atoms. The number of hydrogen-bond donors (Lipinski definition) is 3. The topological polar surface area (TPSA) is 143 Å². The zero-order valence-electron chi connectivity index (χ0n) is 27.6. The highest BCUT2D eigenvalue weighted by Crippen LogP contribution is 2.30. The first-order chi connectivity index (χ1) is 21.9. The Kier molecular flexibility index (Phi) is 11.2. The van der Waals surface area contributed by atoms with Gasteiger partial charge in [-0.3, -0.25) is 9.89 Å². The van der Waals surface area contributed by atoms with Crippen LogP contribution in [0.15, 0.2) is 65.7 Å². The average molecular weight is 631 g/mol. The van der Waals surface area contributed by atoms with Crippen molar-refractivity contribution in [3.8, 4) is 17.0 Å². The van der Waals surface area contributed by atoms with E-state index in [1.165, 1.54) is 10.5 Å². The molecule has 0 saturated carbocycles. The third kappa shape index (κ3) is 8.97. The minimum Gasteiger partial charge on any atom is -0.497 e. The third-order valence-electron chi connectivity index (χ3n) is 7.81. The van der Waals surface area contributed by atoms with E-state index >= 15 is 0 Å². The summed E-state index contributed by atoms with van der Waals surface area (Å²) >= 11 is 0. The van der Waals surface area contributed by atoms with Gasteiger partial charge >= 0.3 is 12.1 Å². The highest BCUT2D eigenvalue weighted by Gasteiger charge is 2.41. The Balaban J connectivity index is 1.45. The van der Waals surface area contributed by atoms with Gasteiger partial charge in [-0.15, -0.1) is 0 Å². The molecule has 1 aromatic heterocycles. The van der Waals surface area contributed by atoms with E-state index in [0.29, 0.717) is 17.2 Å². The van der Waals surface area contributed by atoms with Gasteiger partial charge in [-0.1, -0.05) is 30.3 Å². The summed E-state index contributed by atoms with van der Waals surface area (Å²) in [6.07, 6.45) is 1.21. The van der Waals surface area contributed by atoms with Crippen molar-refractivity contribution < 1.29 is 24.2 Å². The molecule has 1 saturated heterocycles. The van der Waals surface area contributed by atoms with Gasteiger partial charge in [0.25, 0.3) is 0 Å². The Bertz CT molecular complexity index is 1540. The fourth-order valence-corrected chi connectivity index (χ4v) is 5.66. The van der Waals surface area contributed by atoms with Gasteiger partial charge < -0.3 is 30.5 Å². The molecular formula is C35H46N6O5. The Morgan fingerprint density at radius 2 is 1.85 bits per heavy atom. The molecule has 0 bridgehead atoms. The number of carbonyl (C=O) groups is 2. The van der Waals surface area contributed by atoms with E-state index < -0.39 is 23.7 Å². The second kappa shape index (κ2) is 15.1. The fraction of sp³-hybridized carbons (Fsp3) is 0.429. The zero-order chi connectivity index (χ0) is 33.4. The summed E-state index contributed by atoms with van der Waals surface area (Å²) in [5.74, 6) is 0.346. The van der Waals surface area contributed by atoms with Crippen LogP contribution in [0.1, 0.15) is 51.2 Å². The number of nitrogens with two attached hydrogens (primary N) is 1. The quantitative estimate of drug-likeness (QED) is 0.174. The lowest BCUT2D eigenvalue weighted by molar-refractivity contribution is -0.142. The molecule has 4 rings (SSSR count). The van der Waals surface area contributed by atoms with Gasteiger partial charge in [0.05, 0.1) is 12.8 Å². The first kappa shape index (κ1) is 34.2. The van der Waals surface area contributed by atoms with Gasteiger partial charge in [0.1, 0.15) is 23.2 Å². The number of aliphatic imine (C=N–C) groups is 1. The number of methoxy groups -OCH3 is 1. The molecule has 2 atom stereocenters. The summed E-state index contributed by atoms with van der Waals surface area (Å²) < 4.78 is 10.7. The van der Waals surface area contributed by atoms with Gasteiger partial charge in [-0.05, 0) is 83.1 Å². The maximum absolute atomic E-state index is 12.8. The molecule has 0 radical (unpaired) electrons. The minimum atomic E-state index is -1.07. The number of carbonyl (C=O) groups excluding carboxylic acids is 1. The number of nitrogens with one attached hydrogen (secondary N) is 1. The number of pyridine rings is 1. The van der Waals surface area contributed by atoms with Crippen molar-refractivity contribution in [3.05, 3.63) is 71.8 Å². The molecule has 4 N–H and O–H groups in total. The van der Waals surface area contributed by atoms with Crippen LogP contribution in [0.25, 0.3) is 11.3 Å². The molecular weight excluding hydrogens is 584 g/mol. The zero-order valence-corrected chi connectivity index (χ0v) is 27.6. The summed E-state index contributed by atoms with van der Waals surface area (Å²) in [7, 11) is 5.56. The van der Waals surface area contributed by atoms with E-state index in [1.807, 2.05) is 48.5 Å². The Hall–Kier alpha value is -4.64. The monoisotopic (exact) mass is 630 g/mol. The Morgan fingerprint density at radius 1 is 1.13 bits per heavy atom. The van der Waals surface area contributed by atoms with Crippen molar-refractivity contribution in [3.63, 3.8) is 0 Å². The second-order valence-electron chi connectivity index (χ2n) is 12.6. The minimum absolute atomic E-state index is 0.181. The summed E-state index contributed by atoms with van der Waals surface area (Å²) in [4.78, 5) is 37.8. The van der Waals surface area contributed by atoms with E-state index in [2.05, 4.69) is 34.4 Å². The molecule has 246 valence electrons. The van der Waals surface area contributed by atoms with Crippen molar-refractivity contribution in [2.45, 2.75) is 64.3 Å². The lowest BCUT2D eigenvalue weighted by Gasteiger charge is -2.26. The molecule has 2 aromatic carbocycles. The number of hydrogen-bond acceptors (Lipinski definition) is 9. The lowest BCUT2D eigenvalue weighted by Crippen LogP contribution is -2.43. The Morgan fingerprint density at radius 3 is 2.50 bits per heavy atom. The maximum Gasteiger partial charge on any atom is 0.411 e. The first-order valence-corrected chi connectivity index (χ1v) is 15.5. The number of anilines is 2. The lowest BCUT2D eigenvalue weighted by atomic mass is 9.95. The van der Waals surface area contributed by atoms with Crippen LogP contribution in [0.2, 0.25) is 0 Å². The second-order valence-corrected chi connectivity index (χ2v) is 12.6. The van der Waals surface area contributed by atoms with Crippen molar-refractivity contribution >= 4 is 29.3 Å². The number of nitrogens with zero attached hydrogens (tertiary/aromatic N) is 4. The van der Waals surface area contributed by atoms with Gasteiger partial charge in [-0.2, -0.15) is 0 Å². The van der Waals surface area contributed by atoms with E-state index in [9.17, 15) is 14.7 Å². The van der Waals surface area contributed by atoms with Crippen LogP contribution in [-0.4, -0.2) is 89.6 Å². The predicted octanol–water partition coefficient (Wildman–Crippen LogP) is 5.55. The summed E-state index contributed by atoms with van der Waals surface area (Å²) in [6.45, 7) is 7.15. The van der Waals surface area contributed by atoms with E-state index in [4.69, 9.17) is 20.2 Å². The number of aliphatic carboxylic acids is 1. The average Bonchev–Trinajstić information content (AvgIpc) is 3.44. The number of carboxylic acids is 1. The maximum atomic E-state index is 12.8. The van der Waals surface area contributed by atoms with Crippen LogP contribution in [-0.2, 0) is 16.1 Å². The number of likely N-dealkylation sites (tertiary alicyclic amines) is 1. The summed E-state index contributed by atoms with van der Waals surface area (Å²) in [6, 6.07) is 18.2. The van der Waals surface area contributed by atoms with Crippen LogP contribution < -0.4 is 15.8 Å². The fourth-order valence-electron chi connectivity index (χ4n) is 5.66. The van der Waals surface area contributed by atoms with E-state index in [1.54, 1.807) is 34.9 Å². The number of rotatable bonds is 12. The summed E-state index contributed by atoms with van der Waals surface area (Å²) in [5.41, 5.74) is 11.0. The van der Waals surface area contributed by atoms with Crippen LogP contribution >= 0.6 is 0 Å². The molecule has 1 unspecified atom stereocenters. The number of nitrogen functional groups attached to an aromatic ring is 1. The third-order valence-corrected chi connectivity index (χ3v) is 7.81. The van der Waals surface area contributed by atoms with Gasteiger partial charge in [0.2, 0.25) is 0 Å². The highest BCUT2D eigenvalue weighted by molar-refractivity contribution is 6.09. The molecule has 1 aliphatic heterocycles. The van der Waals surface area contributed by atoms with Crippen LogP contribution in [0.3, 0.4) is 0 Å². The predicted molar refractivity (Wildman–Crippen MR) is 181 cm³/mol. The Labute approximate surface area is 271 Å². The number of amides is 1. The largest absolute Gasteiger partial charge is 0.497 e. The number of benzene rings is 2. The van der Waals surface area contributed by atoms with Gasteiger partial charge in [-0.25, -0.2) is 14.6 Å². The van der Waals surface area contributed by atoms with Crippen LogP contribution in [0.5, 0.6) is 5.75 Å². The van der Waals surface area contributed by atoms with E-state index in [-0.39, 0.29) is 19.0 Å². The molecule has 3 aromatic rings. The van der Waals surface area contributed by atoms with Gasteiger partial charge in [0.15, 0.2) is 0 Å². The molecule has 1 amide bonds. The molecule has 1 aliphatic rings. The molecule has 11 nitrogen and oxygen atoms in total. The smallest absolute Gasteiger partial charge is 0.411 e. The van der Waals surface area contributed by atoms with Crippen LogP contribution in [0.4, 0.5) is 16.3 Å². The van der Waals surface area contributed by atoms with Crippen molar-refractivity contribution in [1.29, 1.82) is 0 Å². The summed E-state index contributed by atoms with van der Waals surface area (Å²) in [5, 5.41) is 13.1.